The van der Waals surface area contributed by atoms with Crippen LogP contribution in [0, 0.1) is 0 Å². The van der Waals surface area contributed by atoms with E-state index >= 15 is 0 Å². The van der Waals surface area contributed by atoms with E-state index < -0.39 is 0 Å². The Morgan fingerprint density at radius 3 is 1.79 bits per heavy atom. The Bertz CT molecular complexity index is 3240. The molecular weight excluding hydrogens is 647 g/mol. The Labute approximate surface area is 304 Å². The molecule has 4 nitrogen and oxygen atoms in total. The lowest BCUT2D eigenvalue weighted by molar-refractivity contribution is 0.669. The van der Waals surface area contributed by atoms with Crippen molar-refractivity contribution >= 4 is 65.0 Å². The summed E-state index contributed by atoms with van der Waals surface area (Å²) in [5.74, 6) is 1.79. The van der Waals surface area contributed by atoms with Gasteiger partial charge < -0.3 is 4.42 Å². The van der Waals surface area contributed by atoms with Crippen LogP contribution in [-0.4, -0.2) is 15.0 Å². The zero-order chi connectivity index (χ0) is 34.9. The third-order valence-corrected chi connectivity index (χ3v) is 10.5. The quantitative estimate of drug-likeness (QED) is 0.174. The first kappa shape index (κ1) is 29.5. The highest BCUT2D eigenvalue weighted by atomic mass is 16.3. The molecule has 0 unspecified atom stereocenters. The second-order valence-electron chi connectivity index (χ2n) is 13.5. The maximum absolute atomic E-state index is 6.42. The van der Waals surface area contributed by atoms with E-state index in [4.69, 9.17) is 19.4 Å². The first-order valence-electron chi connectivity index (χ1n) is 17.9. The van der Waals surface area contributed by atoms with Crippen LogP contribution in [0.25, 0.3) is 110 Å². The number of nitrogens with zero attached hydrogens (tertiary/aromatic N) is 3. The molecule has 0 spiro atoms. The maximum Gasteiger partial charge on any atom is 0.167 e. The molecule has 0 saturated heterocycles. The van der Waals surface area contributed by atoms with Crippen molar-refractivity contribution in [3.8, 4) is 45.3 Å². The molecule has 0 saturated carbocycles. The fourth-order valence-electron chi connectivity index (χ4n) is 8.01. The number of benzene rings is 9. The van der Waals surface area contributed by atoms with Crippen molar-refractivity contribution in [2.24, 2.45) is 0 Å². The van der Waals surface area contributed by atoms with Gasteiger partial charge in [-0.2, -0.15) is 0 Å². The van der Waals surface area contributed by atoms with Crippen LogP contribution in [0.15, 0.2) is 180 Å². The van der Waals surface area contributed by atoms with E-state index in [1.807, 2.05) is 60.7 Å². The van der Waals surface area contributed by atoms with Gasteiger partial charge in [0.1, 0.15) is 11.2 Å². The molecule has 0 N–H and O–H groups in total. The summed E-state index contributed by atoms with van der Waals surface area (Å²) in [4.78, 5) is 15.2. The smallest absolute Gasteiger partial charge is 0.167 e. The van der Waals surface area contributed by atoms with Crippen LogP contribution < -0.4 is 0 Å². The van der Waals surface area contributed by atoms with E-state index in [-0.39, 0.29) is 0 Å². The van der Waals surface area contributed by atoms with Gasteiger partial charge >= 0.3 is 0 Å². The van der Waals surface area contributed by atoms with Crippen molar-refractivity contribution in [1.82, 2.24) is 15.0 Å². The third kappa shape index (κ3) is 4.73. The topological polar surface area (TPSA) is 51.8 Å². The van der Waals surface area contributed by atoms with Crippen molar-refractivity contribution in [2.45, 2.75) is 0 Å². The average molecular weight is 676 g/mol. The SMILES string of the molecule is c1ccc(-c2nc(-c3cccc(-c4ccc5c6ccccc6c6c7ccccc7ccc6c5c4)c3)nc(-c3cccc4c3oc3ccccc34)n2)cc1. The van der Waals surface area contributed by atoms with Gasteiger partial charge in [0.05, 0.1) is 5.56 Å². The van der Waals surface area contributed by atoms with Crippen LogP contribution in [-0.2, 0) is 0 Å². The lowest BCUT2D eigenvalue weighted by Gasteiger charge is -2.14. The largest absolute Gasteiger partial charge is 0.455 e. The number of hydrogen-bond donors (Lipinski definition) is 0. The van der Waals surface area contributed by atoms with Crippen LogP contribution >= 0.6 is 0 Å². The predicted octanol–water partition coefficient (Wildman–Crippen LogP) is 13.1. The zero-order valence-corrected chi connectivity index (χ0v) is 28.5. The van der Waals surface area contributed by atoms with Gasteiger partial charge in [0, 0.05) is 21.9 Å². The van der Waals surface area contributed by atoms with Crippen LogP contribution in [0.4, 0.5) is 0 Å². The van der Waals surface area contributed by atoms with Gasteiger partial charge in [-0.3, -0.25) is 0 Å². The highest BCUT2D eigenvalue weighted by Crippen LogP contribution is 2.41. The second kappa shape index (κ2) is 11.7. The highest BCUT2D eigenvalue weighted by Gasteiger charge is 2.18. The molecular formula is C49H29N3O. The molecule has 0 bridgehead atoms. The summed E-state index contributed by atoms with van der Waals surface area (Å²) in [6, 6.07) is 61.7. The molecule has 2 heterocycles. The molecule has 0 radical (unpaired) electrons. The summed E-state index contributed by atoms with van der Waals surface area (Å²) in [5.41, 5.74) is 6.49. The van der Waals surface area contributed by atoms with Crippen molar-refractivity contribution in [1.29, 1.82) is 0 Å². The van der Waals surface area contributed by atoms with Crippen molar-refractivity contribution < 1.29 is 4.42 Å². The fourth-order valence-corrected chi connectivity index (χ4v) is 8.01. The van der Waals surface area contributed by atoms with Crippen LogP contribution in [0.2, 0.25) is 0 Å². The van der Waals surface area contributed by atoms with Gasteiger partial charge in [0.25, 0.3) is 0 Å². The Morgan fingerprint density at radius 2 is 0.906 bits per heavy atom. The molecule has 0 aliphatic rings. The van der Waals surface area contributed by atoms with Crippen molar-refractivity contribution in [3.05, 3.63) is 176 Å². The molecule has 2 aromatic heterocycles. The number of aromatic nitrogens is 3. The lowest BCUT2D eigenvalue weighted by atomic mass is 9.89. The fraction of sp³-hybridized carbons (Fsp3) is 0. The Balaban J connectivity index is 1.10. The van der Waals surface area contributed by atoms with E-state index in [2.05, 4.69) is 115 Å². The summed E-state index contributed by atoms with van der Waals surface area (Å²) < 4.78 is 6.42. The van der Waals surface area contributed by atoms with E-state index in [0.29, 0.717) is 17.5 Å². The van der Waals surface area contributed by atoms with E-state index in [1.165, 1.54) is 43.1 Å². The second-order valence-corrected chi connectivity index (χ2v) is 13.5. The Hall–Kier alpha value is -7.17. The van der Waals surface area contributed by atoms with Gasteiger partial charge in [0.2, 0.25) is 0 Å². The van der Waals surface area contributed by atoms with Gasteiger partial charge in [-0.05, 0) is 78.5 Å². The van der Waals surface area contributed by atoms with E-state index in [9.17, 15) is 0 Å². The molecule has 246 valence electrons. The Morgan fingerprint density at radius 1 is 0.321 bits per heavy atom. The number of furan rings is 1. The van der Waals surface area contributed by atoms with E-state index in [1.54, 1.807) is 0 Å². The first-order chi connectivity index (χ1) is 26.3. The molecule has 11 aromatic rings. The maximum atomic E-state index is 6.42. The monoisotopic (exact) mass is 675 g/mol. The third-order valence-electron chi connectivity index (χ3n) is 10.5. The number of fused-ring (bicyclic) bond motifs is 11. The number of para-hydroxylation sites is 2. The lowest BCUT2D eigenvalue weighted by Crippen LogP contribution is -2.00. The molecule has 0 aliphatic carbocycles. The predicted molar refractivity (Wildman–Crippen MR) is 219 cm³/mol. The number of rotatable bonds is 4. The molecule has 0 atom stereocenters. The average Bonchev–Trinajstić information content (AvgIpc) is 3.62. The minimum absolute atomic E-state index is 0.570. The summed E-state index contributed by atoms with van der Waals surface area (Å²) >= 11 is 0. The number of hydrogen-bond acceptors (Lipinski definition) is 4. The Kier molecular flexibility index (Phi) is 6.52. The molecule has 0 aliphatic heterocycles. The molecule has 9 aromatic carbocycles. The normalized spacial score (nSPS) is 11.8. The van der Waals surface area contributed by atoms with Crippen molar-refractivity contribution in [2.75, 3.05) is 0 Å². The minimum atomic E-state index is 0.570. The van der Waals surface area contributed by atoms with Gasteiger partial charge in [-0.15, -0.1) is 0 Å². The minimum Gasteiger partial charge on any atom is -0.455 e. The van der Waals surface area contributed by atoms with Gasteiger partial charge in [-0.25, -0.2) is 15.0 Å². The molecule has 4 heteroatoms. The van der Waals surface area contributed by atoms with Gasteiger partial charge in [-0.1, -0.05) is 152 Å². The van der Waals surface area contributed by atoms with Gasteiger partial charge in [0.15, 0.2) is 17.5 Å². The summed E-state index contributed by atoms with van der Waals surface area (Å²) in [5, 5.41) is 12.2. The standard InChI is InChI=1S/C49H29N3O/c1-2-13-31(14-3-1)47-50-48(52-49(51-47)42-22-11-21-41-38-19-8-9-23-44(38)53-46(41)42)34-16-10-15-32(28-34)33-25-26-37-36-18-6-7-20-39(36)45-35-17-5-4-12-30(35)24-27-40(45)43(37)29-33/h1-29H. The summed E-state index contributed by atoms with van der Waals surface area (Å²) in [6.45, 7) is 0. The molecule has 0 amide bonds. The molecule has 53 heavy (non-hydrogen) atoms. The van der Waals surface area contributed by atoms with Crippen LogP contribution in [0.3, 0.4) is 0 Å². The summed E-state index contributed by atoms with van der Waals surface area (Å²) in [7, 11) is 0. The highest BCUT2D eigenvalue weighted by molar-refractivity contribution is 6.31. The van der Waals surface area contributed by atoms with Crippen LogP contribution in [0.5, 0.6) is 0 Å². The zero-order valence-electron chi connectivity index (χ0n) is 28.5. The molecule has 0 fully saturated rings. The van der Waals surface area contributed by atoms with E-state index in [0.717, 1.165) is 49.8 Å². The summed E-state index contributed by atoms with van der Waals surface area (Å²) in [6.07, 6.45) is 0. The van der Waals surface area contributed by atoms with Crippen LogP contribution in [0.1, 0.15) is 0 Å². The molecule has 11 rings (SSSR count). The van der Waals surface area contributed by atoms with Crippen molar-refractivity contribution in [3.63, 3.8) is 0 Å². The first-order valence-corrected chi connectivity index (χ1v) is 17.9.